The molecule has 262 valence electrons. The maximum atomic E-state index is 6.74. The van der Waals surface area contributed by atoms with Gasteiger partial charge in [0.05, 0.1) is 5.69 Å². The van der Waals surface area contributed by atoms with Crippen molar-refractivity contribution < 1.29 is 9.15 Å². The van der Waals surface area contributed by atoms with Crippen molar-refractivity contribution in [3.8, 4) is 22.6 Å². The molecule has 4 aliphatic rings. The molecule has 0 saturated heterocycles. The molecule has 3 heteroatoms. The highest BCUT2D eigenvalue weighted by Crippen LogP contribution is 2.52. The summed E-state index contributed by atoms with van der Waals surface area (Å²) >= 11 is 0. The Kier molecular flexibility index (Phi) is 7.76. The summed E-state index contributed by atoms with van der Waals surface area (Å²) in [6, 6.07) is 46.9. The molecule has 1 atom stereocenters. The molecule has 0 spiro atoms. The van der Waals surface area contributed by atoms with E-state index in [0.717, 1.165) is 64.5 Å². The van der Waals surface area contributed by atoms with Crippen LogP contribution in [0.4, 0.5) is 11.6 Å². The molecular formula is C51H41NO2. The molecule has 0 fully saturated rings. The summed E-state index contributed by atoms with van der Waals surface area (Å²) < 4.78 is 13.2. The lowest BCUT2D eigenvalue weighted by Crippen LogP contribution is -2.17. The second kappa shape index (κ2) is 13.0. The average molecular weight is 700 g/mol. The summed E-state index contributed by atoms with van der Waals surface area (Å²) in [4.78, 5) is 0. The number of allylic oxidation sites excluding steroid dienone is 8. The van der Waals surface area contributed by atoms with Crippen LogP contribution in [0.3, 0.4) is 0 Å². The topological polar surface area (TPSA) is 34.4 Å². The Hall–Kier alpha value is -6.32. The van der Waals surface area contributed by atoms with Crippen LogP contribution in [0.25, 0.3) is 34.4 Å². The fourth-order valence-corrected chi connectivity index (χ4v) is 8.82. The van der Waals surface area contributed by atoms with Gasteiger partial charge >= 0.3 is 0 Å². The fraction of sp³-hybridized carbons (Fsp3) is 0.137. The minimum Gasteiger partial charge on any atom is -0.456 e. The monoisotopic (exact) mass is 699 g/mol. The molecule has 1 aromatic heterocycles. The Morgan fingerprint density at radius 1 is 0.630 bits per heavy atom. The van der Waals surface area contributed by atoms with E-state index in [1.807, 2.05) is 18.2 Å². The van der Waals surface area contributed by atoms with Crippen LogP contribution in [0.5, 0.6) is 11.5 Å². The summed E-state index contributed by atoms with van der Waals surface area (Å²) in [6.45, 7) is 4.76. The van der Waals surface area contributed by atoms with Crippen molar-refractivity contribution in [2.45, 2.75) is 44.4 Å². The molecule has 5 aromatic carbocycles. The molecule has 6 aromatic rings. The quantitative estimate of drug-likeness (QED) is 0.188. The number of benzene rings is 5. The van der Waals surface area contributed by atoms with Crippen molar-refractivity contribution in [1.29, 1.82) is 0 Å². The van der Waals surface area contributed by atoms with Crippen LogP contribution in [0, 0.1) is 0 Å². The SMILES string of the molecule is CC1(C)C2=C(CCC(C3=CC(c4ccccc4)=CC(c4ccc(Nc5cc6c(cc5-c5ccccc5)C=Cc5ccccc5O6)o4)C3)=C2)c2ccccc21. The highest BCUT2D eigenvalue weighted by molar-refractivity contribution is 5.88. The normalized spacial score (nSPS) is 17.9. The average Bonchev–Trinajstić information content (AvgIpc) is 3.71. The third-order valence-electron chi connectivity index (χ3n) is 11.6. The number of nitrogens with one attached hydrogen (secondary N) is 1. The highest BCUT2D eigenvalue weighted by atomic mass is 16.5. The highest BCUT2D eigenvalue weighted by Gasteiger charge is 2.38. The first-order valence-corrected chi connectivity index (χ1v) is 19.1. The molecule has 0 bridgehead atoms. The second-order valence-electron chi connectivity index (χ2n) is 15.3. The predicted molar refractivity (Wildman–Crippen MR) is 223 cm³/mol. The Morgan fingerprint density at radius 3 is 2.22 bits per heavy atom. The number of furan rings is 1. The van der Waals surface area contributed by atoms with Crippen LogP contribution in [0.1, 0.15) is 72.6 Å². The fourth-order valence-electron chi connectivity index (χ4n) is 8.82. The minimum absolute atomic E-state index is 0.00889. The smallest absolute Gasteiger partial charge is 0.197 e. The molecular weight excluding hydrogens is 659 g/mol. The molecule has 1 aliphatic heterocycles. The van der Waals surface area contributed by atoms with E-state index >= 15 is 0 Å². The zero-order valence-corrected chi connectivity index (χ0v) is 30.6. The molecule has 0 saturated carbocycles. The Balaban J connectivity index is 0.993. The lowest BCUT2D eigenvalue weighted by molar-refractivity contribution is 0.481. The van der Waals surface area contributed by atoms with E-state index in [4.69, 9.17) is 9.15 Å². The van der Waals surface area contributed by atoms with Gasteiger partial charge in [-0.25, -0.2) is 0 Å². The summed E-state index contributed by atoms with van der Waals surface area (Å²) in [7, 11) is 0. The third kappa shape index (κ3) is 5.68. The van der Waals surface area contributed by atoms with Crippen molar-refractivity contribution in [3.63, 3.8) is 0 Å². The third-order valence-corrected chi connectivity index (χ3v) is 11.6. The van der Waals surface area contributed by atoms with Crippen LogP contribution in [-0.4, -0.2) is 0 Å². The maximum absolute atomic E-state index is 6.74. The van der Waals surface area contributed by atoms with Crippen molar-refractivity contribution in [3.05, 3.63) is 202 Å². The van der Waals surface area contributed by atoms with Gasteiger partial charge in [-0.1, -0.05) is 147 Å². The van der Waals surface area contributed by atoms with Gasteiger partial charge in [0, 0.05) is 40.2 Å². The Morgan fingerprint density at radius 2 is 1.37 bits per heavy atom. The van der Waals surface area contributed by atoms with Gasteiger partial charge in [0.15, 0.2) is 5.88 Å². The van der Waals surface area contributed by atoms with Gasteiger partial charge in [0.2, 0.25) is 0 Å². The number of hydrogen-bond acceptors (Lipinski definition) is 3. The van der Waals surface area contributed by atoms with E-state index in [0.29, 0.717) is 5.88 Å². The second-order valence-corrected chi connectivity index (χ2v) is 15.3. The molecule has 3 aliphatic carbocycles. The first kappa shape index (κ1) is 32.3. The van der Waals surface area contributed by atoms with Gasteiger partial charge in [0.25, 0.3) is 0 Å². The Bertz CT molecular complexity index is 2590. The van der Waals surface area contributed by atoms with Crippen molar-refractivity contribution >= 4 is 34.9 Å². The lowest BCUT2D eigenvalue weighted by Gasteiger charge is -2.28. The zero-order chi connectivity index (χ0) is 36.2. The van der Waals surface area contributed by atoms with Crippen LogP contribution < -0.4 is 10.1 Å². The molecule has 10 rings (SSSR count). The van der Waals surface area contributed by atoms with Crippen molar-refractivity contribution in [2.75, 3.05) is 5.32 Å². The zero-order valence-electron chi connectivity index (χ0n) is 30.6. The molecule has 1 unspecified atom stereocenters. The largest absolute Gasteiger partial charge is 0.456 e. The Labute approximate surface area is 317 Å². The molecule has 0 amide bonds. The summed E-state index contributed by atoms with van der Waals surface area (Å²) in [6.07, 6.45) is 14.6. The predicted octanol–water partition coefficient (Wildman–Crippen LogP) is 13.9. The van der Waals surface area contributed by atoms with E-state index in [1.54, 1.807) is 0 Å². The van der Waals surface area contributed by atoms with E-state index in [2.05, 4.69) is 165 Å². The maximum Gasteiger partial charge on any atom is 0.197 e. The first-order chi connectivity index (χ1) is 26.5. The van der Waals surface area contributed by atoms with Gasteiger partial charge in [0.1, 0.15) is 17.3 Å². The number of hydrogen-bond donors (Lipinski definition) is 1. The first-order valence-electron chi connectivity index (χ1n) is 19.1. The van der Waals surface area contributed by atoms with Gasteiger partial charge < -0.3 is 14.5 Å². The summed E-state index contributed by atoms with van der Waals surface area (Å²) in [5.74, 6) is 3.39. The summed E-state index contributed by atoms with van der Waals surface area (Å²) in [5, 5.41) is 3.66. The van der Waals surface area contributed by atoms with E-state index in [1.165, 1.54) is 44.6 Å². The van der Waals surface area contributed by atoms with Gasteiger partial charge in [-0.05, 0) is 87.6 Å². The van der Waals surface area contributed by atoms with Gasteiger partial charge in [-0.2, -0.15) is 0 Å². The number of para-hydroxylation sites is 1. The van der Waals surface area contributed by atoms with Crippen LogP contribution in [0.2, 0.25) is 0 Å². The number of rotatable bonds is 6. The van der Waals surface area contributed by atoms with Crippen LogP contribution in [-0.2, 0) is 5.41 Å². The summed E-state index contributed by atoms with van der Waals surface area (Å²) in [5.41, 5.74) is 16.4. The van der Waals surface area contributed by atoms with Crippen LogP contribution >= 0.6 is 0 Å². The van der Waals surface area contributed by atoms with Crippen LogP contribution in [0.15, 0.2) is 173 Å². The number of fused-ring (bicyclic) bond motifs is 4. The lowest BCUT2D eigenvalue weighted by atomic mass is 9.76. The standard InChI is InChI=1S/C51H41NO2/c1-51(2)44-19-11-10-18-41(44)42-24-23-36(31-45(42)51)39-27-38(33-13-5-3-6-14-33)28-40(29-39)48-25-26-50(54-48)52-46-32-49-37(30-43(46)34-15-7-4-8-16-34)22-21-35-17-9-12-20-47(35)53-49/h3-22,25-28,30-32,40,52H,23-24,29H2,1-2H3. The van der Waals surface area contributed by atoms with E-state index in [9.17, 15) is 0 Å². The minimum atomic E-state index is -0.00889. The number of ether oxygens (including phenoxy) is 1. The molecule has 1 N–H and O–H groups in total. The molecule has 2 heterocycles. The molecule has 3 nitrogen and oxygen atoms in total. The number of anilines is 2. The molecule has 54 heavy (non-hydrogen) atoms. The molecule has 0 radical (unpaired) electrons. The van der Waals surface area contributed by atoms with E-state index < -0.39 is 0 Å². The van der Waals surface area contributed by atoms with Gasteiger partial charge in [-0.3, -0.25) is 0 Å². The van der Waals surface area contributed by atoms with E-state index in [-0.39, 0.29) is 11.3 Å². The van der Waals surface area contributed by atoms with Gasteiger partial charge in [-0.15, -0.1) is 0 Å². The van der Waals surface area contributed by atoms with Crippen molar-refractivity contribution in [1.82, 2.24) is 0 Å². The van der Waals surface area contributed by atoms with Crippen molar-refractivity contribution in [2.24, 2.45) is 0 Å².